The van der Waals surface area contributed by atoms with Crippen molar-refractivity contribution in [1.29, 1.82) is 0 Å². The molecule has 0 atom stereocenters. The number of nitrogens with one attached hydrogen (secondary N) is 1. The van der Waals surface area contributed by atoms with E-state index in [4.69, 9.17) is 0 Å². The number of urea groups is 1. The monoisotopic (exact) mass is 282 g/mol. The number of anilines is 1. The summed E-state index contributed by atoms with van der Waals surface area (Å²) in [5, 5.41) is 11.7. The molecule has 0 radical (unpaired) electrons. The molecule has 20 heavy (non-hydrogen) atoms. The lowest BCUT2D eigenvalue weighted by Crippen LogP contribution is -2.54. The number of benzene rings is 1. The third-order valence-electron chi connectivity index (χ3n) is 3.20. The fourth-order valence-electron chi connectivity index (χ4n) is 1.82. The number of rotatable bonds is 4. The van der Waals surface area contributed by atoms with Gasteiger partial charge in [0.2, 0.25) is 0 Å². The first-order valence-electron chi connectivity index (χ1n) is 6.28. The Kier molecular flexibility index (Phi) is 4.70. The van der Waals surface area contributed by atoms with E-state index in [0.29, 0.717) is 11.3 Å². The number of aryl methyl sites for hydroxylation is 1. The fourth-order valence-corrected chi connectivity index (χ4v) is 1.82. The van der Waals surface area contributed by atoms with Gasteiger partial charge < -0.3 is 15.3 Å². The lowest BCUT2D eigenvalue weighted by atomic mass is 10.0. The van der Waals surface area contributed by atoms with Crippen LogP contribution >= 0.6 is 0 Å². The number of aliphatic carboxylic acids is 1. The normalized spacial score (nSPS) is 11.1. The van der Waals surface area contributed by atoms with Crippen LogP contribution in [0.5, 0.6) is 0 Å². The van der Waals surface area contributed by atoms with Crippen molar-refractivity contribution in [2.24, 2.45) is 0 Å². The van der Waals surface area contributed by atoms with Gasteiger partial charge in [0, 0.05) is 12.2 Å². The van der Waals surface area contributed by atoms with Gasteiger partial charge in [0.25, 0.3) is 0 Å². The number of amides is 2. The maximum atomic E-state index is 13.2. The summed E-state index contributed by atoms with van der Waals surface area (Å²) in [5.74, 6) is -1.57. The molecule has 0 aliphatic rings. The maximum absolute atomic E-state index is 13.2. The van der Waals surface area contributed by atoms with Crippen LogP contribution in [0.25, 0.3) is 0 Å². The summed E-state index contributed by atoms with van der Waals surface area (Å²) in [6, 6.07) is 3.47. The Bertz CT molecular complexity index is 529. The van der Waals surface area contributed by atoms with Gasteiger partial charge in [0.05, 0.1) is 0 Å². The predicted molar refractivity (Wildman–Crippen MR) is 74.3 cm³/mol. The van der Waals surface area contributed by atoms with Crippen LogP contribution in [0.3, 0.4) is 0 Å². The number of carbonyl (C=O) groups excluding carboxylic acids is 1. The second kappa shape index (κ2) is 5.90. The van der Waals surface area contributed by atoms with E-state index >= 15 is 0 Å². The number of carboxylic acid groups (broad SMARTS) is 1. The summed E-state index contributed by atoms with van der Waals surface area (Å²) in [6.07, 6.45) is 0. The van der Waals surface area contributed by atoms with Crippen molar-refractivity contribution < 1.29 is 19.1 Å². The standard InChI is InChI=1S/C14H19FN2O3/c1-5-17(14(3,4)12(18)19)13(20)16-11-8-10(15)7-6-9(11)2/h6-8H,5H2,1-4H3,(H,16,20)(H,18,19). The zero-order chi connectivity index (χ0) is 15.5. The van der Waals surface area contributed by atoms with Gasteiger partial charge in [-0.25, -0.2) is 14.0 Å². The minimum atomic E-state index is -1.35. The number of hydrogen-bond donors (Lipinski definition) is 2. The van der Waals surface area contributed by atoms with E-state index in [1.165, 1.54) is 30.9 Å². The molecule has 0 saturated heterocycles. The van der Waals surface area contributed by atoms with Crippen LogP contribution in [-0.4, -0.2) is 34.1 Å². The Balaban J connectivity index is 2.99. The van der Waals surface area contributed by atoms with Gasteiger partial charge in [-0.2, -0.15) is 0 Å². The summed E-state index contributed by atoms with van der Waals surface area (Å²) in [7, 11) is 0. The van der Waals surface area contributed by atoms with Crippen LogP contribution in [0.4, 0.5) is 14.9 Å². The van der Waals surface area contributed by atoms with Gasteiger partial charge in [-0.05, 0) is 45.4 Å². The molecule has 1 rings (SSSR count). The molecule has 0 aromatic heterocycles. The molecule has 1 aromatic rings. The van der Waals surface area contributed by atoms with Gasteiger partial charge in [-0.3, -0.25) is 0 Å². The first kappa shape index (κ1) is 15.9. The summed E-state index contributed by atoms with van der Waals surface area (Å²) < 4.78 is 13.2. The topological polar surface area (TPSA) is 69.6 Å². The van der Waals surface area contributed by atoms with Crippen molar-refractivity contribution in [3.05, 3.63) is 29.6 Å². The Hall–Kier alpha value is -2.11. The minimum Gasteiger partial charge on any atom is -0.480 e. The highest BCUT2D eigenvalue weighted by molar-refractivity contribution is 5.94. The molecule has 1 aromatic carbocycles. The molecule has 2 amide bonds. The highest BCUT2D eigenvalue weighted by Gasteiger charge is 2.37. The largest absolute Gasteiger partial charge is 0.480 e. The van der Waals surface area contributed by atoms with E-state index in [-0.39, 0.29) is 6.54 Å². The lowest BCUT2D eigenvalue weighted by Gasteiger charge is -2.34. The molecule has 0 heterocycles. The molecule has 110 valence electrons. The van der Waals surface area contributed by atoms with E-state index in [2.05, 4.69) is 5.32 Å². The fraction of sp³-hybridized carbons (Fsp3) is 0.429. The van der Waals surface area contributed by atoms with Gasteiger partial charge in [-0.15, -0.1) is 0 Å². The number of carbonyl (C=O) groups is 2. The smallest absolute Gasteiger partial charge is 0.329 e. The molecule has 0 aliphatic carbocycles. The lowest BCUT2D eigenvalue weighted by molar-refractivity contribution is -0.147. The average Bonchev–Trinajstić information content (AvgIpc) is 2.34. The van der Waals surface area contributed by atoms with Crippen LogP contribution in [-0.2, 0) is 4.79 Å². The summed E-state index contributed by atoms with van der Waals surface area (Å²) >= 11 is 0. The molecular weight excluding hydrogens is 263 g/mol. The molecule has 0 saturated carbocycles. The second-order valence-corrected chi connectivity index (χ2v) is 5.00. The Morgan fingerprint density at radius 2 is 2.00 bits per heavy atom. The average molecular weight is 282 g/mol. The third kappa shape index (κ3) is 3.26. The van der Waals surface area contributed by atoms with Crippen molar-refractivity contribution >= 4 is 17.7 Å². The number of likely N-dealkylation sites (N-methyl/N-ethyl adjacent to an activating group) is 1. The van der Waals surface area contributed by atoms with Crippen molar-refractivity contribution in [1.82, 2.24) is 4.90 Å². The van der Waals surface area contributed by atoms with Gasteiger partial charge >= 0.3 is 12.0 Å². The number of hydrogen-bond acceptors (Lipinski definition) is 2. The quantitative estimate of drug-likeness (QED) is 0.892. The first-order chi connectivity index (χ1) is 9.20. The van der Waals surface area contributed by atoms with Crippen molar-refractivity contribution in [2.45, 2.75) is 33.2 Å². The molecule has 2 N–H and O–H groups in total. The summed E-state index contributed by atoms with van der Waals surface area (Å²) in [5.41, 5.74) is -0.321. The van der Waals surface area contributed by atoms with E-state index < -0.39 is 23.4 Å². The molecule has 6 heteroatoms. The van der Waals surface area contributed by atoms with Gasteiger partial charge in [-0.1, -0.05) is 6.07 Å². The molecule has 0 fully saturated rings. The third-order valence-corrected chi connectivity index (χ3v) is 3.20. The number of nitrogens with zero attached hydrogens (tertiary/aromatic N) is 1. The molecule has 0 aliphatic heterocycles. The molecule has 0 spiro atoms. The Morgan fingerprint density at radius 1 is 1.40 bits per heavy atom. The highest BCUT2D eigenvalue weighted by atomic mass is 19.1. The van der Waals surface area contributed by atoms with E-state index in [1.807, 2.05) is 0 Å². The molecule has 0 unspecified atom stereocenters. The van der Waals surface area contributed by atoms with E-state index in [0.717, 1.165) is 0 Å². The van der Waals surface area contributed by atoms with Crippen LogP contribution in [0, 0.1) is 12.7 Å². The summed E-state index contributed by atoms with van der Waals surface area (Å²) in [6.45, 7) is 6.52. The van der Waals surface area contributed by atoms with Crippen LogP contribution < -0.4 is 5.32 Å². The number of carboxylic acids is 1. The van der Waals surface area contributed by atoms with Crippen molar-refractivity contribution in [2.75, 3.05) is 11.9 Å². The van der Waals surface area contributed by atoms with E-state index in [9.17, 15) is 19.1 Å². The van der Waals surface area contributed by atoms with Crippen LogP contribution in [0.1, 0.15) is 26.3 Å². The highest BCUT2D eigenvalue weighted by Crippen LogP contribution is 2.20. The van der Waals surface area contributed by atoms with Gasteiger partial charge in [0.1, 0.15) is 11.4 Å². The zero-order valence-corrected chi connectivity index (χ0v) is 12.0. The Morgan fingerprint density at radius 3 is 2.50 bits per heavy atom. The van der Waals surface area contributed by atoms with Gasteiger partial charge in [0.15, 0.2) is 0 Å². The number of halogens is 1. The Labute approximate surface area is 117 Å². The first-order valence-corrected chi connectivity index (χ1v) is 6.28. The van der Waals surface area contributed by atoms with Crippen LogP contribution in [0.15, 0.2) is 18.2 Å². The maximum Gasteiger partial charge on any atom is 0.329 e. The molecule has 5 nitrogen and oxygen atoms in total. The SMILES string of the molecule is CCN(C(=O)Nc1cc(F)ccc1C)C(C)(C)C(=O)O. The minimum absolute atomic E-state index is 0.222. The van der Waals surface area contributed by atoms with Crippen molar-refractivity contribution in [3.63, 3.8) is 0 Å². The predicted octanol–water partition coefficient (Wildman–Crippen LogP) is 2.85. The van der Waals surface area contributed by atoms with E-state index in [1.54, 1.807) is 19.9 Å². The van der Waals surface area contributed by atoms with Crippen molar-refractivity contribution in [3.8, 4) is 0 Å². The van der Waals surface area contributed by atoms with Crippen LogP contribution in [0.2, 0.25) is 0 Å². The molecule has 0 bridgehead atoms. The zero-order valence-electron chi connectivity index (χ0n) is 12.0. The molecular formula is C14H19FN2O3. The summed E-state index contributed by atoms with van der Waals surface area (Å²) in [4.78, 5) is 24.6. The second-order valence-electron chi connectivity index (χ2n) is 5.00.